The van der Waals surface area contributed by atoms with E-state index in [-0.39, 0.29) is 17.9 Å². The lowest BCUT2D eigenvalue weighted by molar-refractivity contribution is -0.124. The molecule has 1 aromatic rings. The van der Waals surface area contributed by atoms with Gasteiger partial charge in [0, 0.05) is 5.56 Å². The fraction of sp³-hybridized carbons (Fsp3) is 0.562. The smallest absolute Gasteiger partial charge is 0.237 e. The second kappa shape index (κ2) is 7.29. The van der Waals surface area contributed by atoms with E-state index in [2.05, 4.69) is 5.32 Å². The molecule has 0 saturated heterocycles. The van der Waals surface area contributed by atoms with Crippen molar-refractivity contribution >= 4 is 5.91 Å². The molecule has 20 heavy (non-hydrogen) atoms. The van der Waals surface area contributed by atoms with E-state index in [9.17, 15) is 4.79 Å². The first-order valence-electron chi connectivity index (χ1n) is 7.11. The maximum atomic E-state index is 12.1. The Kier molecular flexibility index (Phi) is 6.02. The van der Waals surface area contributed by atoms with Crippen LogP contribution in [0.25, 0.3) is 0 Å². The normalized spacial score (nSPS) is 15.3. The van der Waals surface area contributed by atoms with E-state index in [4.69, 9.17) is 10.5 Å². The van der Waals surface area contributed by atoms with Gasteiger partial charge in [0.2, 0.25) is 5.91 Å². The Labute approximate surface area is 121 Å². The molecule has 0 aliphatic carbocycles. The van der Waals surface area contributed by atoms with Crippen LogP contribution in [0.1, 0.15) is 44.4 Å². The summed E-state index contributed by atoms with van der Waals surface area (Å²) in [6.07, 6.45) is 0.886. The van der Waals surface area contributed by atoms with Crippen LogP contribution in [0.3, 0.4) is 0 Å². The molecule has 0 fully saturated rings. The minimum atomic E-state index is -0.474. The number of methoxy groups -OCH3 is 1. The lowest BCUT2D eigenvalue weighted by Crippen LogP contribution is -2.45. The Morgan fingerprint density at radius 1 is 1.40 bits per heavy atom. The van der Waals surface area contributed by atoms with Crippen molar-refractivity contribution < 1.29 is 9.53 Å². The minimum absolute atomic E-state index is 0.115. The largest absolute Gasteiger partial charge is 0.496 e. The van der Waals surface area contributed by atoms with E-state index in [0.717, 1.165) is 23.3 Å². The van der Waals surface area contributed by atoms with Crippen molar-refractivity contribution in [2.45, 2.75) is 46.2 Å². The quantitative estimate of drug-likeness (QED) is 0.840. The number of rotatable bonds is 6. The average Bonchev–Trinajstić information content (AvgIpc) is 2.45. The van der Waals surface area contributed by atoms with E-state index in [1.54, 1.807) is 7.11 Å². The second-order valence-corrected chi connectivity index (χ2v) is 5.39. The summed E-state index contributed by atoms with van der Waals surface area (Å²) in [6.45, 7) is 7.98. The highest BCUT2D eigenvalue weighted by atomic mass is 16.5. The summed E-state index contributed by atoms with van der Waals surface area (Å²) in [4.78, 5) is 12.1. The molecule has 0 bridgehead atoms. The highest BCUT2D eigenvalue weighted by Gasteiger charge is 2.22. The third-order valence-corrected chi connectivity index (χ3v) is 3.77. The van der Waals surface area contributed by atoms with Crippen LogP contribution in [-0.4, -0.2) is 19.1 Å². The van der Waals surface area contributed by atoms with Gasteiger partial charge in [-0.15, -0.1) is 0 Å². The summed E-state index contributed by atoms with van der Waals surface area (Å²) >= 11 is 0. The first-order chi connectivity index (χ1) is 9.40. The summed E-state index contributed by atoms with van der Waals surface area (Å²) in [7, 11) is 1.63. The van der Waals surface area contributed by atoms with Gasteiger partial charge in [0.15, 0.2) is 0 Å². The standard InChI is InChI=1S/C16H26N2O2/c1-6-11(3)15(17)16(19)18-12(4)13-9-10(2)7-8-14(13)20-5/h7-9,11-12,15H,6,17H2,1-5H3,(H,18,19). The predicted molar refractivity (Wildman–Crippen MR) is 81.7 cm³/mol. The van der Waals surface area contributed by atoms with Crippen LogP contribution in [0.4, 0.5) is 0 Å². The Bertz CT molecular complexity index is 460. The summed E-state index contributed by atoms with van der Waals surface area (Å²) in [6, 6.07) is 5.33. The summed E-state index contributed by atoms with van der Waals surface area (Å²) in [5.74, 6) is 0.831. The molecule has 0 aliphatic rings. The van der Waals surface area contributed by atoms with E-state index >= 15 is 0 Å². The van der Waals surface area contributed by atoms with Gasteiger partial charge < -0.3 is 15.8 Å². The number of carbonyl (C=O) groups is 1. The molecule has 0 radical (unpaired) electrons. The van der Waals surface area contributed by atoms with Crippen LogP contribution in [0.2, 0.25) is 0 Å². The van der Waals surface area contributed by atoms with Crippen LogP contribution in [0.15, 0.2) is 18.2 Å². The number of amides is 1. The second-order valence-electron chi connectivity index (χ2n) is 5.39. The van der Waals surface area contributed by atoms with Gasteiger partial charge in [-0.05, 0) is 25.8 Å². The Morgan fingerprint density at radius 2 is 2.05 bits per heavy atom. The molecular formula is C16H26N2O2. The fourth-order valence-electron chi connectivity index (χ4n) is 2.09. The molecule has 1 aromatic carbocycles. The molecule has 1 rings (SSSR count). The average molecular weight is 278 g/mol. The minimum Gasteiger partial charge on any atom is -0.496 e. The van der Waals surface area contributed by atoms with E-state index in [0.29, 0.717) is 0 Å². The Balaban J connectivity index is 2.83. The first kappa shape index (κ1) is 16.5. The number of benzene rings is 1. The first-order valence-corrected chi connectivity index (χ1v) is 7.11. The predicted octanol–water partition coefficient (Wildman–Crippen LogP) is 2.55. The molecule has 112 valence electrons. The van der Waals surface area contributed by atoms with Crippen LogP contribution in [-0.2, 0) is 4.79 Å². The van der Waals surface area contributed by atoms with E-state index < -0.39 is 6.04 Å². The number of aryl methyl sites for hydroxylation is 1. The molecule has 4 heteroatoms. The topological polar surface area (TPSA) is 64.4 Å². The molecular weight excluding hydrogens is 252 g/mol. The fourth-order valence-corrected chi connectivity index (χ4v) is 2.09. The summed E-state index contributed by atoms with van der Waals surface area (Å²) < 4.78 is 5.35. The Morgan fingerprint density at radius 3 is 2.60 bits per heavy atom. The van der Waals surface area contributed by atoms with Crippen LogP contribution in [0.5, 0.6) is 5.75 Å². The number of carbonyl (C=O) groups excluding carboxylic acids is 1. The molecule has 0 saturated carbocycles. The molecule has 0 heterocycles. The van der Waals surface area contributed by atoms with E-state index in [1.807, 2.05) is 45.9 Å². The molecule has 0 aliphatic heterocycles. The monoisotopic (exact) mass is 278 g/mol. The molecule has 0 spiro atoms. The van der Waals surface area contributed by atoms with E-state index in [1.165, 1.54) is 0 Å². The number of nitrogens with two attached hydrogens (primary N) is 1. The summed E-state index contributed by atoms with van der Waals surface area (Å²) in [5, 5.41) is 2.97. The summed E-state index contributed by atoms with van der Waals surface area (Å²) in [5.41, 5.74) is 8.06. The maximum Gasteiger partial charge on any atom is 0.237 e. The molecule has 3 atom stereocenters. The molecule has 4 nitrogen and oxygen atoms in total. The zero-order chi connectivity index (χ0) is 15.3. The molecule has 1 amide bonds. The van der Waals surface area contributed by atoms with Crippen molar-refractivity contribution in [2.75, 3.05) is 7.11 Å². The number of hydrogen-bond acceptors (Lipinski definition) is 3. The van der Waals surface area contributed by atoms with Gasteiger partial charge in [-0.25, -0.2) is 0 Å². The van der Waals surface area contributed by atoms with Crippen molar-refractivity contribution in [2.24, 2.45) is 11.7 Å². The van der Waals surface area contributed by atoms with Gasteiger partial charge in [-0.2, -0.15) is 0 Å². The Hall–Kier alpha value is -1.55. The molecule has 0 aromatic heterocycles. The lowest BCUT2D eigenvalue weighted by Gasteiger charge is -2.22. The number of hydrogen-bond donors (Lipinski definition) is 2. The highest BCUT2D eigenvalue weighted by Crippen LogP contribution is 2.26. The van der Waals surface area contributed by atoms with Gasteiger partial charge in [0.05, 0.1) is 19.2 Å². The van der Waals surface area contributed by atoms with Crippen LogP contribution in [0, 0.1) is 12.8 Å². The van der Waals surface area contributed by atoms with Crippen LogP contribution >= 0.6 is 0 Å². The third kappa shape index (κ3) is 3.97. The SMILES string of the molecule is CCC(C)C(N)C(=O)NC(C)c1cc(C)ccc1OC. The zero-order valence-electron chi connectivity index (χ0n) is 13.1. The van der Waals surface area contributed by atoms with Gasteiger partial charge in [0.25, 0.3) is 0 Å². The maximum absolute atomic E-state index is 12.1. The lowest BCUT2D eigenvalue weighted by atomic mass is 9.98. The number of nitrogens with one attached hydrogen (secondary N) is 1. The highest BCUT2D eigenvalue weighted by molar-refractivity contribution is 5.82. The van der Waals surface area contributed by atoms with Crippen molar-refractivity contribution in [3.05, 3.63) is 29.3 Å². The zero-order valence-corrected chi connectivity index (χ0v) is 13.1. The molecule has 3 unspecified atom stereocenters. The van der Waals surface area contributed by atoms with Gasteiger partial charge in [0.1, 0.15) is 5.75 Å². The van der Waals surface area contributed by atoms with Crippen molar-refractivity contribution in [3.63, 3.8) is 0 Å². The molecule has 3 N–H and O–H groups in total. The van der Waals surface area contributed by atoms with Crippen LogP contribution < -0.4 is 15.8 Å². The van der Waals surface area contributed by atoms with Crippen molar-refractivity contribution in [1.29, 1.82) is 0 Å². The number of ether oxygens (including phenoxy) is 1. The van der Waals surface area contributed by atoms with Gasteiger partial charge in [-0.3, -0.25) is 4.79 Å². The third-order valence-electron chi connectivity index (χ3n) is 3.77. The van der Waals surface area contributed by atoms with Crippen molar-refractivity contribution in [3.8, 4) is 5.75 Å². The van der Waals surface area contributed by atoms with Gasteiger partial charge in [-0.1, -0.05) is 38.0 Å². The van der Waals surface area contributed by atoms with Gasteiger partial charge >= 0.3 is 0 Å². The van der Waals surface area contributed by atoms with Crippen molar-refractivity contribution in [1.82, 2.24) is 5.32 Å².